The molecule has 0 fully saturated rings. The van der Waals surface area contributed by atoms with Crippen LogP contribution in [0.4, 0.5) is 5.69 Å². The van der Waals surface area contributed by atoms with Crippen LogP contribution in [0.3, 0.4) is 0 Å². The molecule has 0 spiro atoms. The van der Waals surface area contributed by atoms with Gasteiger partial charge in [-0.15, -0.1) is 0 Å². The quantitative estimate of drug-likeness (QED) is 0.502. The molecular formula is C21H19BrN2O3S. The van der Waals surface area contributed by atoms with E-state index in [1.54, 1.807) is 44.5 Å². The normalized spacial score (nSPS) is 10.4. The number of methoxy groups -OCH3 is 2. The number of carbonyl (C=O) groups excluding carboxylic acids is 1. The number of rotatable bonds is 6. The number of benzene rings is 2. The molecule has 2 aromatic carbocycles. The smallest absolute Gasteiger partial charge is 0.259 e. The molecule has 0 aliphatic carbocycles. The fourth-order valence-corrected chi connectivity index (χ4v) is 3.71. The predicted octanol–water partition coefficient (Wildman–Crippen LogP) is 5.29. The molecular weight excluding hydrogens is 440 g/mol. The van der Waals surface area contributed by atoms with Crippen LogP contribution in [0.5, 0.6) is 11.5 Å². The van der Waals surface area contributed by atoms with Crippen molar-refractivity contribution in [2.75, 3.05) is 26.2 Å². The molecule has 1 aromatic heterocycles. The maximum absolute atomic E-state index is 13.2. The first-order valence-electron chi connectivity index (χ1n) is 8.42. The van der Waals surface area contributed by atoms with Crippen molar-refractivity contribution in [1.82, 2.24) is 4.98 Å². The average Bonchev–Trinajstić information content (AvgIpc) is 2.74. The summed E-state index contributed by atoms with van der Waals surface area (Å²) in [5.41, 5.74) is 1.32. The molecule has 0 aliphatic rings. The molecule has 0 aliphatic heterocycles. The zero-order valence-electron chi connectivity index (χ0n) is 15.7. The zero-order valence-corrected chi connectivity index (χ0v) is 18.1. The van der Waals surface area contributed by atoms with Crippen LogP contribution in [0, 0.1) is 0 Å². The number of amides is 1. The van der Waals surface area contributed by atoms with Gasteiger partial charge in [0.15, 0.2) is 11.5 Å². The number of aromatic nitrogens is 1. The van der Waals surface area contributed by atoms with Gasteiger partial charge in [0.2, 0.25) is 0 Å². The number of hydrogen-bond acceptors (Lipinski definition) is 5. The largest absolute Gasteiger partial charge is 0.493 e. The second-order valence-corrected chi connectivity index (χ2v) is 7.79. The van der Waals surface area contributed by atoms with Gasteiger partial charge < -0.3 is 14.4 Å². The highest BCUT2D eigenvalue weighted by Gasteiger charge is 2.19. The summed E-state index contributed by atoms with van der Waals surface area (Å²) in [5.74, 6) is 1.07. The highest BCUT2D eigenvalue weighted by molar-refractivity contribution is 9.10. The molecule has 1 amide bonds. The second kappa shape index (κ2) is 9.12. The first-order valence-corrected chi connectivity index (χ1v) is 10.0. The molecule has 3 aromatic rings. The van der Waals surface area contributed by atoms with Crippen LogP contribution < -0.4 is 14.4 Å². The Morgan fingerprint density at radius 1 is 1.04 bits per heavy atom. The summed E-state index contributed by atoms with van der Waals surface area (Å²) in [6, 6.07) is 16.7. The van der Waals surface area contributed by atoms with Crippen molar-refractivity contribution in [3.05, 3.63) is 70.8 Å². The Morgan fingerprint density at radius 3 is 2.46 bits per heavy atom. The predicted molar refractivity (Wildman–Crippen MR) is 115 cm³/mol. The summed E-state index contributed by atoms with van der Waals surface area (Å²) < 4.78 is 11.5. The SMILES string of the molecule is COc1ccc(N(C)C(=O)c2ccccc2Sc2ccc(Br)cn2)cc1OC. The van der Waals surface area contributed by atoms with Crippen LogP contribution >= 0.6 is 27.7 Å². The Labute approximate surface area is 176 Å². The topological polar surface area (TPSA) is 51.7 Å². The van der Waals surface area contributed by atoms with E-state index in [4.69, 9.17) is 9.47 Å². The van der Waals surface area contributed by atoms with Crippen LogP contribution in [0.2, 0.25) is 0 Å². The van der Waals surface area contributed by atoms with Crippen molar-refractivity contribution in [2.45, 2.75) is 9.92 Å². The zero-order chi connectivity index (χ0) is 20.1. The molecule has 0 saturated heterocycles. The van der Waals surface area contributed by atoms with E-state index < -0.39 is 0 Å². The molecule has 144 valence electrons. The average molecular weight is 459 g/mol. The second-order valence-electron chi connectivity index (χ2n) is 5.82. The minimum absolute atomic E-state index is 0.118. The fraction of sp³-hybridized carbons (Fsp3) is 0.143. The fourth-order valence-electron chi connectivity index (χ4n) is 2.60. The van der Waals surface area contributed by atoms with Gasteiger partial charge in [-0.05, 0) is 52.3 Å². The lowest BCUT2D eigenvalue weighted by atomic mass is 10.2. The van der Waals surface area contributed by atoms with Crippen molar-refractivity contribution in [3.63, 3.8) is 0 Å². The van der Waals surface area contributed by atoms with Gasteiger partial charge in [-0.2, -0.15) is 0 Å². The van der Waals surface area contributed by atoms with Crippen LogP contribution in [0.1, 0.15) is 10.4 Å². The van der Waals surface area contributed by atoms with Crippen LogP contribution in [-0.2, 0) is 0 Å². The summed E-state index contributed by atoms with van der Waals surface area (Å²) in [7, 11) is 4.89. The van der Waals surface area contributed by atoms with Gasteiger partial charge in [0.1, 0.15) is 5.03 Å². The lowest BCUT2D eigenvalue weighted by molar-refractivity contribution is 0.0990. The first kappa shape index (κ1) is 20.2. The van der Waals surface area contributed by atoms with E-state index in [0.29, 0.717) is 22.7 Å². The van der Waals surface area contributed by atoms with Crippen LogP contribution in [0.15, 0.2) is 75.2 Å². The summed E-state index contributed by atoms with van der Waals surface area (Å²) in [4.78, 5) is 20.0. The van der Waals surface area contributed by atoms with Crippen LogP contribution in [-0.4, -0.2) is 32.2 Å². The van der Waals surface area contributed by atoms with E-state index >= 15 is 0 Å². The standard InChI is InChI=1S/C21H19BrN2O3S/c1-24(15-9-10-17(26-2)18(12-15)27-3)21(25)16-6-4-5-7-19(16)28-20-11-8-14(22)13-23-20/h4-13H,1-3H3. The molecule has 28 heavy (non-hydrogen) atoms. The number of anilines is 1. The van der Waals surface area contributed by atoms with Crippen molar-refractivity contribution in [3.8, 4) is 11.5 Å². The molecule has 0 unspecified atom stereocenters. The highest BCUT2D eigenvalue weighted by Crippen LogP contribution is 2.34. The van der Waals surface area contributed by atoms with Gasteiger partial charge in [0.05, 0.1) is 19.8 Å². The molecule has 0 bridgehead atoms. The van der Waals surface area contributed by atoms with Gasteiger partial charge in [0, 0.05) is 34.4 Å². The van der Waals surface area contributed by atoms with E-state index in [-0.39, 0.29) is 5.91 Å². The first-order chi connectivity index (χ1) is 13.5. The van der Waals surface area contributed by atoms with E-state index in [2.05, 4.69) is 20.9 Å². The highest BCUT2D eigenvalue weighted by atomic mass is 79.9. The third-order valence-corrected chi connectivity index (χ3v) is 5.59. The molecule has 5 nitrogen and oxygen atoms in total. The summed E-state index contributed by atoms with van der Waals surface area (Å²) in [6.07, 6.45) is 1.74. The molecule has 0 atom stereocenters. The number of nitrogens with zero attached hydrogens (tertiary/aromatic N) is 2. The molecule has 1 heterocycles. The summed E-state index contributed by atoms with van der Waals surface area (Å²) >= 11 is 4.84. The van der Waals surface area contributed by atoms with E-state index in [1.165, 1.54) is 11.8 Å². The van der Waals surface area contributed by atoms with Gasteiger partial charge in [-0.3, -0.25) is 4.79 Å². The Bertz CT molecular complexity index is 980. The summed E-state index contributed by atoms with van der Waals surface area (Å²) in [5, 5.41) is 0.817. The Morgan fingerprint density at radius 2 is 1.79 bits per heavy atom. The number of carbonyl (C=O) groups is 1. The number of hydrogen-bond donors (Lipinski definition) is 0. The maximum Gasteiger partial charge on any atom is 0.259 e. The van der Waals surface area contributed by atoms with Crippen molar-refractivity contribution < 1.29 is 14.3 Å². The van der Waals surface area contributed by atoms with Gasteiger partial charge in [-0.1, -0.05) is 23.9 Å². The maximum atomic E-state index is 13.2. The number of pyridine rings is 1. The Balaban J connectivity index is 1.89. The lowest BCUT2D eigenvalue weighted by Crippen LogP contribution is -2.26. The number of ether oxygens (including phenoxy) is 2. The molecule has 0 radical (unpaired) electrons. The van der Waals surface area contributed by atoms with E-state index in [0.717, 1.165) is 14.4 Å². The van der Waals surface area contributed by atoms with Gasteiger partial charge >= 0.3 is 0 Å². The number of halogens is 1. The molecule has 0 saturated carbocycles. The van der Waals surface area contributed by atoms with Crippen LogP contribution in [0.25, 0.3) is 0 Å². The van der Waals surface area contributed by atoms with Gasteiger partial charge in [0.25, 0.3) is 5.91 Å². The Kier molecular flexibility index (Phi) is 6.59. The third-order valence-electron chi connectivity index (χ3n) is 4.09. The third kappa shape index (κ3) is 4.48. The van der Waals surface area contributed by atoms with Crippen molar-refractivity contribution >= 4 is 39.3 Å². The molecule has 3 rings (SSSR count). The van der Waals surface area contributed by atoms with E-state index in [1.807, 2.05) is 42.5 Å². The molecule has 7 heteroatoms. The minimum Gasteiger partial charge on any atom is -0.493 e. The summed E-state index contributed by atoms with van der Waals surface area (Å²) in [6.45, 7) is 0. The minimum atomic E-state index is -0.118. The Hall–Kier alpha value is -2.51. The van der Waals surface area contributed by atoms with Gasteiger partial charge in [-0.25, -0.2) is 4.98 Å². The van der Waals surface area contributed by atoms with Crippen molar-refractivity contribution in [1.29, 1.82) is 0 Å². The van der Waals surface area contributed by atoms with E-state index in [9.17, 15) is 4.79 Å². The van der Waals surface area contributed by atoms with Crippen molar-refractivity contribution in [2.24, 2.45) is 0 Å². The monoisotopic (exact) mass is 458 g/mol. The molecule has 0 N–H and O–H groups in total. The lowest BCUT2D eigenvalue weighted by Gasteiger charge is -2.20.